The van der Waals surface area contributed by atoms with Crippen LogP contribution < -0.4 is 15.0 Å². The van der Waals surface area contributed by atoms with Gasteiger partial charge in [0.1, 0.15) is 5.75 Å². The summed E-state index contributed by atoms with van der Waals surface area (Å²) < 4.78 is 5.23. The van der Waals surface area contributed by atoms with Gasteiger partial charge in [-0.15, -0.1) is 0 Å². The second-order valence-corrected chi connectivity index (χ2v) is 7.86. The summed E-state index contributed by atoms with van der Waals surface area (Å²) in [7, 11) is 1.69. The van der Waals surface area contributed by atoms with Crippen LogP contribution in [-0.2, 0) is 4.79 Å². The summed E-state index contributed by atoms with van der Waals surface area (Å²) in [5.74, 6) is 1.89. The summed E-state index contributed by atoms with van der Waals surface area (Å²) in [5, 5.41) is 3.28. The van der Waals surface area contributed by atoms with Crippen LogP contribution in [0.5, 0.6) is 5.75 Å². The number of hydrogen-bond donors (Lipinski definition) is 1. The number of carbonyl (C=O) groups is 1. The molecule has 1 saturated heterocycles. The maximum atomic E-state index is 12.6. The molecule has 26 heavy (non-hydrogen) atoms. The van der Waals surface area contributed by atoms with Crippen LogP contribution in [0.2, 0.25) is 0 Å². The highest BCUT2D eigenvalue weighted by molar-refractivity contribution is 5.81. The average molecular weight is 360 g/mol. The minimum absolute atomic E-state index is 0.0487. The van der Waals surface area contributed by atoms with E-state index >= 15 is 0 Å². The number of benzene rings is 1. The molecule has 1 aliphatic heterocycles. The molecule has 1 aromatic carbocycles. The Morgan fingerprint density at radius 3 is 2.27 bits per heavy atom. The van der Waals surface area contributed by atoms with Crippen LogP contribution in [0.3, 0.4) is 0 Å². The Balaban J connectivity index is 1.46. The molecule has 0 aromatic heterocycles. The van der Waals surface area contributed by atoms with Crippen LogP contribution in [0.1, 0.15) is 39.5 Å². The molecule has 1 aliphatic carbocycles. The minimum atomic E-state index is -0.0487. The van der Waals surface area contributed by atoms with Crippen LogP contribution in [0, 0.1) is 5.92 Å². The lowest BCUT2D eigenvalue weighted by Crippen LogP contribution is -2.55. The predicted molar refractivity (Wildman–Crippen MR) is 106 cm³/mol. The predicted octanol–water partition coefficient (Wildman–Crippen LogP) is 2.90. The van der Waals surface area contributed by atoms with E-state index in [1.54, 1.807) is 7.11 Å². The number of nitrogens with zero attached hydrogens (tertiary/aromatic N) is 2. The Kier molecular flexibility index (Phi) is 6.41. The van der Waals surface area contributed by atoms with Crippen molar-refractivity contribution < 1.29 is 9.53 Å². The normalized spacial score (nSPS) is 25.6. The number of nitrogens with one attached hydrogen (secondary N) is 1. The molecule has 0 bridgehead atoms. The second kappa shape index (κ2) is 8.76. The Morgan fingerprint density at radius 2 is 1.69 bits per heavy atom. The number of piperazine rings is 1. The number of ether oxygens (including phenoxy) is 1. The van der Waals surface area contributed by atoms with Gasteiger partial charge in [0.2, 0.25) is 5.91 Å². The quantitative estimate of drug-likeness (QED) is 0.878. The second-order valence-electron chi connectivity index (χ2n) is 7.86. The molecule has 1 aromatic rings. The molecule has 1 atom stereocenters. The van der Waals surface area contributed by atoms with Crippen molar-refractivity contribution in [3.8, 4) is 5.75 Å². The standard InChI is InChI=1S/C21H33N3O2/c1-16-4-6-18(7-5-16)22-21(25)17(2)23-12-14-24(15-13-23)19-8-10-20(26-3)11-9-19/h8-11,16-18H,4-7,12-15H2,1-3H3,(H,22,25). The molecule has 0 radical (unpaired) electrons. The van der Waals surface area contributed by atoms with Gasteiger partial charge in [0.15, 0.2) is 0 Å². The van der Waals surface area contributed by atoms with Gasteiger partial charge < -0.3 is 15.0 Å². The van der Waals surface area contributed by atoms with E-state index in [9.17, 15) is 4.79 Å². The third kappa shape index (κ3) is 4.70. The molecule has 1 amide bonds. The summed E-state index contributed by atoms with van der Waals surface area (Å²) in [6, 6.07) is 8.55. The topological polar surface area (TPSA) is 44.8 Å². The Labute approximate surface area is 157 Å². The van der Waals surface area contributed by atoms with Gasteiger partial charge in [0.25, 0.3) is 0 Å². The molecule has 0 spiro atoms. The molecule has 5 nitrogen and oxygen atoms in total. The van der Waals surface area contributed by atoms with E-state index in [4.69, 9.17) is 4.74 Å². The lowest BCUT2D eigenvalue weighted by atomic mass is 9.87. The Hall–Kier alpha value is -1.75. The zero-order chi connectivity index (χ0) is 18.5. The number of anilines is 1. The maximum absolute atomic E-state index is 12.6. The van der Waals surface area contributed by atoms with Crippen LogP contribution in [0.15, 0.2) is 24.3 Å². The number of methoxy groups -OCH3 is 1. The van der Waals surface area contributed by atoms with Crippen molar-refractivity contribution in [2.45, 2.75) is 51.6 Å². The summed E-state index contributed by atoms with van der Waals surface area (Å²) in [6.45, 7) is 8.09. The van der Waals surface area contributed by atoms with Gasteiger partial charge in [0.05, 0.1) is 13.2 Å². The molecule has 1 N–H and O–H groups in total. The molecule has 5 heteroatoms. The van der Waals surface area contributed by atoms with E-state index < -0.39 is 0 Å². The first-order chi connectivity index (χ1) is 12.6. The third-order valence-corrected chi connectivity index (χ3v) is 6.04. The smallest absolute Gasteiger partial charge is 0.237 e. The zero-order valence-electron chi connectivity index (χ0n) is 16.4. The molecule has 1 heterocycles. The molecule has 2 fully saturated rings. The van der Waals surface area contributed by atoms with Crippen molar-refractivity contribution >= 4 is 11.6 Å². The van der Waals surface area contributed by atoms with E-state index in [-0.39, 0.29) is 11.9 Å². The first-order valence-corrected chi connectivity index (χ1v) is 10.00. The summed E-state index contributed by atoms with van der Waals surface area (Å²) in [4.78, 5) is 17.3. The molecule has 1 unspecified atom stereocenters. The number of carbonyl (C=O) groups excluding carboxylic acids is 1. The van der Waals surface area contributed by atoms with Gasteiger partial charge in [-0.3, -0.25) is 9.69 Å². The number of amides is 1. The lowest BCUT2D eigenvalue weighted by molar-refractivity contribution is -0.127. The van der Waals surface area contributed by atoms with Crippen molar-refractivity contribution in [3.63, 3.8) is 0 Å². The Morgan fingerprint density at radius 1 is 1.08 bits per heavy atom. The molecular weight excluding hydrogens is 326 g/mol. The van der Waals surface area contributed by atoms with Crippen molar-refractivity contribution in [2.75, 3.05) is 38.2 Å². The fourth-order valence-corrected chi connectivity index (χ4v) is 4.05. The molecule has 144 valence electrons. The third-order valence-electron chi connectivity index (χ3n) is 6.04. The van der Waals surface area contributed by atoms with Gasteiger partial charge in [-0.2, -0.15) is 0 Å². The van der Waals surface area contributed by atoms with Crippen LogP contribution >= 0.6 is 0 Å². The first-order valence-electron chi connectivity index (χ1n) is 10.00. The van der Waals surface area contributed by atoms with Crippen LogP contribution in [0.4, 0.5) is 5.69 Å². The van der Waals surface area contributed by atoms with Gasteiger partial charge >= 0.3 is 0 Å². The molecule has 2 aliphatic rings. The van der Waals surface area contributed by atoms with Crippen LogP contribution in [-0.4, -0.2) is 56.2 Å². The van der Waals surface area contributed by atoms with Crippen molar-refractivity contribution in [2.24, 2.45) is 5.92 Å². The van der Waals surface area contributed by atoms with Gasteiger partial charge in [-0.1, -0.05) is 6.92 Å². The van der Waals surface area contributed by atoms with Gasteiger partial charge in [0, 0.05) is 37.9 Å². The first kappa shape index (κ1) is 19.0. The summed E-state index contributed by atoms with van der Waals surface area (Å²) in [6.07, 6.45) is 4.73. The van der Waals surface area contributed by atoms with Gasteiger partial charge in [-0.25, -0.2) is 0 Å². The average Bonchev–Trinajstić information content (AvgIpc) is 2.69. The molecular formula is C21H33N3O2. The minimum Gasteiger partial charge on any atom is -0.497 e. The van der Waals surface area contributed by atoms with E-state index in [0.29, 0.717) is 6.04 Å². The van der Waals surface area contributed by atoms with Crippen molar-refractivity contribution in [1.29, 1.82) is 0 Å². The Bertz CT molecular complexity index is 573. The van der Waals surface area contributed by atoms with Crippen molar-refractivity contribution in [1.82, 2.24) is 10.2 Å². The van der Waals surface area contributed by atoms with Gasteiger partial charge in [-0.05, 0) is 62.8 Å². The monoisotopic (exact) mass is 359 g/mol. The highest BCUT2D eigenvalue weighted by atomic mass is 16.5. The number of hydrogen-bond acceptors (Lipinski definition) is 4. The fraction of sp³-hybridized carbons (Fsp3) is 0.667. The lowest BCUT2D eigenvalue weighted by Gasteiger charge is -2.39. The van der Waals surface area contributed by atoms with E-state index in [2.05, 4.69) is 34.2 Å². The maximum Gasteiger partial charge on any atom is 0.237 e. The van der Waals surface area contributed by atoms with E-state index in [1.807, 2.05) is 19.1 Å². The highest BCUT2D eigenvalue weighted by Gasteiger charge is 2.28. The van der Waals surface area contributed by atoms with E-state index in [1.165, 1.54) is 18.5 Å². The largest absolute Gasteiger partial charge is 0.497 e. The zero-order valence-corrected chi connectivity index (χ0v) is 16.4. The molecule has 3 rings (SSSR count). The molecule has 1 saturated carbocycles. The highest BCUT2D eigenvalue weighted by Crippen LogP contribution is 2.24. The van der Waals surface area contributed by atoms with Crippen molar-refractivity contribution in [3.05, 3.63) is 24.3 Å². The van der Waals surface area contributed by atoms with Crippen LogP contribution in [0.25, 0.3) is 0 Å². The van der Waals surface area contributed by atoms with E-state index in [0.717, 1.165) is 50.7 Å². The SMILES string of the molecule is COc1ccc(N2CCN(C(C)C(=O)NC3CCC(C)CC3)CC2)cc1. The fourth-order valence-electron chi connectivity index (χ4n) is 4.05. The summed E-state index contributed by atoms with van der Waals surface area (Å²) >= 11 is 0. The number of rotatable bonds is 5. The summed E-state index contributed by atoms with van der Waals surface area (Å²) in [5.41, 5.74) is 1.22.